The zero-order chi connectivity index (χ0) is 11.6. The maximum absolute atomic E-state index is 12.9. The summed E-state index contributed by atoms with van der Waals surface area (Å²) in [7, 11) is 3.18. The molecule has 0 aliphatic carbocycles. The molecule has 0 bridgehead atoms. The van der Waals surface area contributed by atoms with Crippen LogP contribution in [0.2, 0.25) is 0 Å². The summed E-state index contributed by atoms with van der Waals surface area (Å²) in [5.74, 6) is -4.09. The summed E-state index contributed by atoms with van der Waals surface area (Å²) in [6, 6.07) is 2.72. The molecule has 0 amide bonds. The standard InChI is InChI=1S/C10H9F3N2/c1-15(2)9(5-14)6-3-7(11)10(13)8(12)4-6/h3-4,9H,1-2H3/t9-/m0/s1. The molecule has 0 radical (unpaired) electrons. The van der Waals surface area contributed by atoms with E-state index in [0.29, 0.717) is 0 Å². The second kappa shape index (κ2) is 4.32. The van der Waals surface area contributed by atoms with Gasteiger partial charge in [-0.25, -0.2) is 13.2 Å². The molecule has 0 N–H and O–H groups in total. The van der Waals surface area contributed by atoms with Crippen molar-refractivity contribution in [3.63, 3.8) is 0 Å². The summed E-state index contributed by atoms with van der Waals surface area (Å²) in [4.78, 5) is 1.48. The maximum Gasteiger partial charge on any atom is 0.194 e. The van der Waals surface area contributed by atoms with Gasteiger partial charge in [0.15, 0.2) is 17.5 Å². The normalized spacial score (nSPS) is 12.6. The molecule has 0 spiro atoms. The van der Waals surface area contributed by atoms with Crippen molar-refractivity contribution in [2.24, 2.45) is 0 Å². The molecule has 1 aromatic rings. The van der Waals surface area contributed by atoms with Crippen LogP contribution >= 0.6 is 0 Å². The lowest BCUT2D eigenvalue weighted by molar-refractivity contribution is 0.353. The Labute approximate surface area is 85.5 Å². The predicted octanol–water partition coefficient (Wildman–Crippen LogP) is 2.23. The van der Waals surface area contributed by atoms with E-state index in [1.165, 1.54) is 4.90 Å². The summed E-state index contributed by atoms with van der Waals surface area (Å²) in [5, 5.41) is 8.77. The van der Waals surface area contributed by atoms with E-state index in [9.17, 15) is 13.2 Å². The smallest absolute Gasteiger partial charge is 0.194 e. The van der Waals surface area contributed by atoms with Crippen molar-refractivity contribution in [1.82, 2.24) is 4.90 Å². The minimum Gasteiger partial charge on any atom is -0.291 e. The Kier molecular flexibility index (Phi) is 3.32. The maximum atomic E-state index is 12.9. The van der Waals surface area contributed by atoms with Crippen LogP contribution in [0.5, 0.6) is 0 Å². The van der Waals surface area contributed by atoms with Gasteiger partial charge in [-0.05, 0) is 31.8 Å². The number of nitrogens with zero attached hydrogens (tertiary/aromatic N) is 2. The van der Waals surface area contributed by atoms with Crippen LogP contribution in [-0.2, 0) is 0 Å². The lowest BCUT2D eigenvalue weighted by Crippen LogP contribution is -2.18. The highest BCUT2D eigenvalue weighted by Crippen LogP contribution is 2.21. The van der Waals surface area contributed by atoms with E-state index in [1.807, 2.05) is 6.07 Å². The van der Waals surface area contributed by atoms with Gasteiger partial charge in [-0.2, -0.15) is 5.26 Å². The topological polar surface area (TPSA) is 27.0 Å². The average molecular weight is 214 g/mol. The van der Waals surface area contributed by atoms with Gasteiger partial charge in [-0.15, -0.1) is 0 Å². The highest BCUT2D eigenvalue weighted by atomic mass is 19.2. The Morgan fingerprint density at radius 3 is 2.00 bits per heavy atom. The molecule has 2 nitrogen and oxygen atoms in total. The number of rotatable bonds is 2. The SMILES string of the molecule is CN(C)[C@@H](C#N)c1cc(F)c(F)c(F)c1. The summed E-state index contributed by atoms with van der Waals surface area (Å²) in [6.45, 7) is 0. The third kappa shape index (κ3) is 2.28. The van der Waals surface area contributed by atoms with Crippen LogP contribution in [0.1, 0.15) is 11.6 Å². The molecule has 15 heavy (non-hydrogen) atoms. The van der Waals surface area contributed by atoms with Gasteiger partial charge in [0.25, 0.3) is 0 Å². The van der Waals surface area contributed by atoms with Crippen LogP contribution in [0.15, 0.2) is 12.1 Å². The molecule has 0 heterocycles. The molecule has 0 saturated heterocycles. The molecule has 1 atom stereocenters. The summed E-state index contributed by atoms with van der Waals surface area (Å²) < 4.78 is 38.3. The van der Waals surface area contributed by atoms with Crippen LogP contribution in [0.4, 0.5) is 13.2 Å². The first-order valence-corrected chi connectivity index (χ1v) is 4.18. The van der Waals surface area contributed by atoms with Gasteiger partial charge < -0.3 is 0 Å². The van der Waals surface area contributed by atoms with E-state index >= 15 is 0 Å². The zero-order valence-electron chi connectivity index (χ0n) is 8.26. The molecule has 0 unspecified atom stereocenters. The molecule has 1 rings (SSSR count). The molecule has 0 aliphatic heterocycles. The van der Waals surface area contributed by atoms with Crippen molar-refractivity contribution in [3.8, 4) is 6.07 Å². The molecular weight excluding hydrogens is 205 g/mol. The van der Waals surface area contributed by atoms with Crippen LogP contribution in [0, 0.1) is 28.8 Å². The first kappa shape index (κ1) is 11.5. The summed E-state index contributed by atoms with van der Waals surface area (Å²) in [5.41, 5.74) is 0.0962. The third-order valence-corrected chi connectivity index (χ3v) is 1.96. The van der Waals surface area contributed by atoms with E-state index in [-0.39, 0.29) is 5.56 Å². The Bertz CT molecular complexity index is 387. The van der Waals surface area contributed by atoms with Crippen LogP contribution < -0.4 is 0 Å². The second-order valence-corrected chi connectivity index (χ2v) is 3.29. The quantitative estimate of drug-likeness (QED) is 0.706. The molecule has 80 valence electrons. The number of nitriles is 1. The first-order chi connectivity index (χ1) is 6.97. The Hall–Kier alpha value is -1.54. The summed E-state index contributed by atoms with van der Waals surface area (Å²) in [6.07, 6.45) is 0. The molecule has 5 heteroatoms. The Balaban J connectivity index is 3.22. The van der Waals surface area contributed by atoms with Gasteiger partial charge in [0.1, 0.15) is 6.04 Å². The molecule has 0 saturated carbocycles. The molecule has 0 aromatic heterocycles. The van der Waals surface area contributed by atoms with Crippen molar-refractivity contribution >= 4 is 0 Å². The van der Waals surface area contributed by atoms with Crippen LogP contribution in [-0.4, -0.2) is 19.0 Å². The van der Waals surface area contributed by atoms with E-state index in [4.69, 9.17) is 5.26 Å². The van der Waals surface area contributed by atoms with Gasteiger partial charge in [0.05, 0.1) is 6.07 Å². The van der Waals surface area contributed by atoms with Gasteiger partial charge >= 0.3 is 0 Å². The number of halogens is 3. The predicted molar refractivity (Wildman–Crippen MR) is 48.4 cm³/mol. The highest BCUT2D eigenvalue weighted by Gasteiger charge is 2.18. The minimum atomic E-state index is -1.52. The average Bonchev–Trinajstić information content (AvgIpc) is 2.14. The zero-order valence-corrected chi connectivity index (χ0v) is 8.26. The van der Waals surface area contributed by atoms with Gasteiger partial charge in [-0.1, -0.05) is 0 Å². The van der Waals surface area contributed by atoms with E-state index in [2.05, 4.69) is 0 Å². The largest absolute Gasteiger partial charge is 0.291 e. The monoisotopic (exact) mass is 214 g/mol. The first-order valence-electron chi connectivity index (χ1n) is 4.18. The molecule has 1 aromatic carbocycles. The number of hydrogen-bond acceptors (Lipinski definition) is 2. The van der Waals surface area contributed by atoms with E-state index < -0.39 is 23.5 Å². The van der Waals surface area contributed by atoms with Crippen molar-refractivity contribution < 1.29 is 13.2 Å². The van der Waals surface area contributed by atoms with Crippen LogP contribution in [0.3, 0.4) is 0 Å². The fourth-order valence-corrected chi connectivity index (χ4v) is 1.22. The number of hydrogen-bond donors (Lipinski definition) is 0. The van der Waals surface area contributed by atoms with Crippen molar-refractivity contribution in [1.29, 1.82) is 5.26 Å². The lowest BCUT2D eigenvalue weighted by Gasteiger charge is -2.17. The third-order valence-electron chi connectivity index (χ3n) is 1.96. The lowest BCUT2D eigenvalue weighted by atomic mass is 10.1. The minimum absolute atomic E-state index is 0.0962. The second-order valence-electron chi connectivity index (χ2n) is 3.29. The molecular formula is C10H9F3N2. The molecule has 0 aliphatic rings. The molecule has 0 fully saturated rings. The van der Waals surface area contributed by atoms with Gasteiger partial charge in [-0.3, -0.25) is 4.90 Å². The van der Waals surface area contributed by atoms with Crippen LogP contribution in [0.25, 0.3) is 0 Å². The highest BCUT2D eigenvalue weighted by molar-refractivity contribution is 5.26. The van der Waals surface area contributed by atoms with Crippen molar-refractivity contribution in [2.45, 2.75) is 6.04 Å². The fraction of sp³-hybridized carbons (Fsp3) is 0.300. The fourth-order valence-electron chi connectivity index (χ4n) is 1.22. The van der Waals surface area contributed by atoms with E-state index in [1.54, 1.807) is 14.1 Å². The van der Waals surface area contributed by atoms with Gasteiger partial charge in [0.2, 0.25) is 0 Å². The van der Waals surface area contributed by atoms with Crippen molar-refractivity contribution in [2.75, 3.05) is 14.1 Å². The van der Waals surface area contributed by atoms with Crippen molar-refractivity contribution in [3.05, 3.63) is 35.1 Å². The Morgan fingerprint density at radius 2 is 1.67 bits per heavy atom. The number of benzene rings is 1. The van der Waals surface area contributed by atoms with Gasteiger partial charge in [0, 0.05) is 0 Å². The summed E-state index contributed by atoms with van der Waals surface area (Å²) >= 11 is 0. The van der Waals surface area contributed by atoms with E-state index in [0.717, 1.165) is 12.1 Å². The Morgan fingerprint density at radius 1 is 1.20 bits per heavy atom.